The summed E-state index contributed by atoms with van der Waals surface area (Å²) in [5.74, 6) is 0. The largest absolute Gasteiger partial charge is 0.248 e. The van der Waals surface area contributed by atoms with E-state index in [1.807, 2.05) is 30.3 Å². The third-order valence-corrected chi connectivity index (χ3v) is 14.4. The quantitative estimate of drug-likeness (QED) is 0.144. The minimum absolute atomic E-state index is 0.541. The molecule has 0 unspecified atom stereocenters. The average Bonchev–Trinajstić information content (AvgIpc) is 3.62. The molecule has 0 spiro atoms. The number of pyridine rings is 1. The monoisotopic (exact) mass is 796 g/mol. The number of hydrogen-bond acceptors (Lipinski definition) is 2. The summed E-state index contributed by atoms with van der Waals surface area (Å²) in [7, 11) is -1.43. The molecule has 1 aromatic heterocycles. The van der Waals surface area contributed by atoms with Crippen LogP contribution in [0.25, 0.3) is 67.0 Å². The highest BCUT2D eigenvalue weighted by molar-refractivity contribution is 6.88. The fraction of sp³-hybridized carbons (Fsp3) is 0.0690. The lowest BCUT2D eigenvalue weighted by molar-refractivity contribution is 0.769. The standard InChI is InChI=1S/C58H44N2Si/c1-61(2,3)51-30-26-41(27-31-51)46-28-32-52-53-33-29-47(36-55(53)58(54(52)35-46,49-18-9-5-10-19-49)50-20-11-6-12-21-50)44-16-13-17-45(34-44)48-37-56(42-14-7-4-8-15-42)60-57(38-48)43-24-22-40(39-59)23-25-43/h4-38H,1-3H3. The first-order chi connectivity index (χ1) is 29.8. The molecule has 0 fully saturated rings. The molecule has 0 radical (unpaired) electrons. The van der Waals surface area contributed by atoms with Crippen molar-refractivity contribution in [3.8, 4) is 73.1 Å². The van der Waals surface area contributed by atoms with Crippen molar-refractivity contribution in [2.24, 2.45) is 0 Å². The molecule has 0 saturated heterocycles. The first-order valence-electron chi connectivity index (χ1n) is 21.0. The highest BCUT2D eigenvalue weighted by Crippen LogP contribution is 2.57. The Kier molecular flexibility index (Phi) is 9.52. The molecule has 3 heteroatoms. The first kappa shape index (κ1) is 37.9. The molecule has 9 aromatic rings. The third kappa shape index (κ3) is 6.82. The Balaban J connectivity index is 1.13. The Bertz CT molecular complexity index is 3050. The van der Waals surface area contributed by atoms with Gasteiger partial charge >= 0.3 is 0 Å². The molecule has 290 valence electrons. The number of hydrogen-bond donors (Lipinski definition) is 0. The van der Waals surface area contributed by atoms with E-state index in [1.165, 1.54) is 49.7 Å². The maximum absolute atomic E-state index is 9.46. The second kappa shape index (κ2) is 15.3. The van der Waals surface area contributed by atoms with Gasteiger partial charge in [-0.3, -0.25) is 0 Å². The molecule has 1 aliphatic carbocycles. The van der Waals surface area contributed by atoms with E-state index in [4.69, 9.17) is 4.98 Å². The van der Waals surface area contributed by atoms with Gasteiger partial charge in [0.2, 0.25) is 0 Å². The van der Waals surface area contributed by atoms with Crippen LogP contribution in [0.4, 0.5) is 0 Å². The van der Waals surface area contributed by atoms with Crippen molar-refractivity contribution in [3.63, 3.8) is 0 Å². The Labute approximate surface area is 360 Å². The van der Waals surface area contributed by atoms with E-state index < -0.39 is 13.5 Å². The minimum atomic E-state index is -1.43. The van der Waals surface area contributed by atoms with E-state index in [9.17, 15) is 5.26 Å². The predicted molar refractivity (Wildman–Crippen MR) is 256 cm³/mol. The van der Waals surface area contributed by atoms with Crippen LogP contribution in [0, 0.1) is 11.3 Å². The van der Waals surface area contributed by atoms with Crippen LogP contribution in [0.3, 0.4) is 0 Å². The molecule has 0 aliphatic heterocycles. The van der Waals surface area contributed by atoms with E-state index in [2.05, 4.69) is 208 Å². The molecule has 1 aliphatic rings. The Morgan fingerprint density at radius 1 is 0.393 bits per heavy atom. The second-order valence-corrected chi connectivity index (χ2v) is 22.2. The van der Waals surface area contributed by atoms with Crippen LogP contribution in [0.5, 0.6) is 0 Å². The Morgan fingerprint density at radius 2 is 0.820 bits per heavy atom. The van der Waals surface area contributed by atoms with E-state index in [1.54, 1.807) is 0 Å². The van der Waals surface area contributed by atoms with Crippen LogP contribution in [0.2, 0.25) is 19.6 Å². The lowest BCUT2D eigenvalue weighted by Gasteiger charge is -2.34. The topological polar surface area (TPSA) is 36.7 Å². The summed E-state index contributed by atoms with van der Waals surface area (Å²) in [5, 5.41) is 10.9. The fourth-order valence-corrected chi connectivity index (χ4v) is 10.4. The Hall–Kier alpha value is -7.38. The maximum Gasteiger partial charge on any atom is 0.0991 e. The van der Waals surface area contributed by atoms with Crippen molar-refractivity contribution in [1.82, 2.24) is 4.98 Å². The van der Waals surface area contributed by atoms with E-state index >= 15 is 0 Å². The first-order valence-corrected chi connectivity index (χ1v) is 24.5. The molecule has 8 aromatic carbocycles. The van der Waals surface area contributed by atoms with Crippen LogP contribution in [-0.2, 0) is 5.41 Å². The highest BCUT2D eigenvalue weighted by Gasteiger charge is 2.46. The fourth-order valence-electron chi connectivity index (χ4n) is 9.21. The van der Waals surface area contributed by atoms with Crippen molar-refractivity contribution in [2.45, 2.75) is 25.1 Å². The van der Waals surface area contributed by atoms with E-state index in [-0.39, 0.29) is 0 Å². The van der Waals surface area contributed by atoms with Gasteiger partial charge in [-0.1, -0.05) is 195 Å². The summed E-state index contributed by atoms with van der Waals surface area (Å²) in [6.07, 6.45) is 0. The molecule has 61 heavy (non-hydrogen) atoms. The summed E-state index contributed by atoms with van der Waals surface area (Å²) in [5.41, 5.74) is 18.5. The molecule has 0 N–H and O–H groups in total. The third-order valence-electron chi connectivity index (χ3n) is 12.4. The molecule has 2 nitrogen and oxygen atoms in total. The predicted octanol–water partition coefficient (Wildman–Crippen LogP) is 14.2. The molecular weight excluding hydrogens is 753 g/mol. The van der Waals surface area contributed by atoms with E-state index in [0.717, 1.165) is 44.8 Å². The Morgan fingerprint density at radius 3 is 1.34 bits per heavy atom. The minimum Gasteiger partial charge on any atom is -0.248 e. The number of rotatable bonds is 8. The van der Waals surface area contributed by atoms with Crippen molar-refractivity contribution < 1.29 is 0 Å². The van der Waals surface area contributed by atoms with Gasteiger partial charge in [-0.25, -0.2) is 4.98 Å². The summed E-state index contributed by atoms with van der Waals surface area (Å²) >= 11 is 0. The molecule has 0 atom stereocenters. The number of nitrogens with zero attached hydrogens (tertiary/aromatic N) is 2. The number of nitriles is 1. The van der Waals surface area contributed by atoms with Crippen LogP contribution < -0.4 is 5.19 Å². The van der Waals surface area contributed by atoms with Crippen LogP contribution in [0.15, 0.2) is 212 Å². The van der Waals surface area contributed by atoms with Gasteiger partial charge in [0, 0.05) is 11.1 Å². The van der Waals surface area contributed by atoms with Crippen molar-refractivity contribution in [1.29, 1.82) is 5.26 Å². The van der Waals surface area contributed by atoms with Gasteiger partial charge in [0.15, 0.2) is 0 Å². The van der Waals surface area contributed by atoms with Gasteiger partial charge in [0.25, 0.3) is 0 Å². The molecule has 0 saturated carbocycles. The SMILES string of the molecule is C[Si](C)(C)c1ccc(-c2ccc3c(c2)C(c2ccccc2)(c2ccccc2)c2cc(-c4cccc(-c5cc(-c6ccccc6)nc(-c6ccc(C#N)cc6)c5)c4)ccc2-3)cc1. The van der Waals surface area contributed by atoms with Crippen LogP contribution in [-0.4, -0.2) is 13.1 Å². The molecular formula is C58H44N2Si. The summed E-state index contributed by atoms with van der Waals surface area (Å²) in [6, 6.07) is 79.1. The number of benzene rings is 8. The molecule has 1 heterocycles. The van der Waals surface area contributed by atoms with Gasteiger partial charge in [0.1, 0.15) is 0 Å². The average molecular weight is 797 g/mol. The molecule has 0 amide bonds. The zero-order chi connectivity index (χ0) is 41.6. The van der Waals surface area contributed by atoms with Crippen molar-refractivity contribution in [3.05, 3.63) is 240 Å². The lowest BCUT2D eigenvalue weighted by Crippen LogP contribution is -2.37. The zero-order valence-corrected chi connectivity index (χ0v) is 35.6. The van der Waals surface area contributed by atoms with Gasteiger partial charge in [-0.15, -0.1) is 0 Å². The molecule has 0 bridgehead atoms. The number of aromatic nitrogens is 1. The normalized spacial score (nSPS) is 12.6. The van der Waals surface area contributed by atoms with Crippen LogP contribution >= 0.6 is 0 Å². The highest BCUT2D eigenvalue weighted by atomic mass is 28.3. The van der Waals surface area contributed by atoms with E-state index in [0.29, 0.717) is 5.56 Å². The van der Waals surface area contributed by atoms with Gasteiger partial charge in [-0.2, -0.15) is 5.26 Å². The number of fused-ring (bicyclic) bond motifs is 3. The maximum atomic E-state index is 9.46. The van der Waals surface area contributed by atoms with Crippen molar-refractivity contribution >= 4 is 13.3 Å². The van der Waals surface area contributed by atoms with Gasteiger partial charge < -0.3 is 0 Å². The van der Waals surface area contributed by atoms with Crippen LogP contribution in [0.1, 0.15) is 27.8 Å². The van der Waals surface area contributed by atoms with Gasteiger partial charge in [-0.05, 0) is 109 Å². The summed E-state index contributed by atoms with van der Waals surface area (Å²) < 4.78 is 0. The smallest absolute Gasteiger partial charge is 0.0991 e. The van der Waals surface area contributed by atoms with Crippen molar-refractivity contribution in [2.75, 3.05) is 0 Å². The zero-order valence-electron chi connectivity index (χ0n) is 34.6. The molecule has 10 rings (SSSR count). The second-order valence-electron chi connectivity index (χ2n) is 17.1. The summed E-state index contributed by atoms with van der Waals surface area (Å²) in [4.78, 5) is 5.13. The summed E-state index contributed by atoms with van der Waals surface area (Å²) in [6.45, 7) is 7.22. The lowest BCUT2D eigenvalue weighted by atomic mass is 9.67. The van der Waals surface area contributed by atoms with Gasteiger partial charge in [0.05, 0.1) is 36.5 Å².